The highest BCUT2D eigenvalue weighted by Crippen LogP contribution is 2.36. The summed E-state index contributed by atoms with van der Waals surface area (Å²) in [5.41, 5.74) is -0.0379. The predicted molar refractivity (Wildman–Crippen MR) is 115 cm³/mol. The lowest BCUT2D eigenvalue weighted by atomic mass is 9.81. The number of hydrogen-bond donors (Lipinski definition) is 1. The van der Waals surface area contributed by atoms with Gasteiger partial charge in [0.15, 0.2) is 0 Å². The first-order chi connectivity index (χ1) is 13.4. The molecule has 2 atom stereocenters. The first-order valence-corrected chi connectivity index (χ1v) is 11.0. The standard InChI is InChI=1S/C25H38O3/c1-24(27)20-23(26)28-25(2,21-24)19-15-10-8-6-4-3-5-7-9-12-16-22-17-13-11-14-18-22/h9,11-14,17-18,27H,3-8,10,15-16,19-21H2,1-2H3/b12-9+/t24-,25+/m0/s1. The first-order valence-electron chi connectivity index (χ1n) is 11.0. The van der Waals surface area contributed by atoms with E-state index in [1.165, 1.54) is 50.5 Å². The summed E-state index contributed by atoms with van der Waals surface area (Å²) < 4.78 is 5.52. The van der Waals surface area contributed by atoms with Gasteiger partial charge in [0.2, 0.25) is 0 Å². The van der Waals surface area contributed by atoms with Crippen molar-refractivity contribution in [3.05, 3.63) is 48.0 Å². The van der Waals surface area contributed by atoms with Gasteiger partial charge in [0.25, 0.3) is 0 Å². The molecule has 0 radical (unpaired) electrons. The van der Waals surface area contributed by atoms with Crippen LogP contribution in [0.25, 0.3) is 0 Å². The molecule has 3 nitrogen and oxygen atoms in total. The van der Waals surface area contributed by atoms with Crippen LogP contribution in [-0.2, 0) is 16.0 Å². The monoisotopic (exact) mass is 386 g/mol. The Hall–Kier alpha value is -1.61. The topological polar surface area (TPSA) is 46.5 Å². The van der Waals surface area contributed by atoms with E-state index >= 15 is 0 Å². The van der Waals surface area contributed by atoms with Crippen LogP contribution in [0.2, 0.25) is 0 Å². The summed E-state index contributed by atoms with van der Waals surface area (Å²) in [6, 6.07) is 10.6. The fraction of sp³-hybridized carbons (Fsp3) is 0.640. The Kier molecular flexibility index (Phi) is 9.24. The predicted octanol–water partition coefficient (Wildman–Crippen LogP) is 6.14. The molecule has 0 unspecified atom stereocenters. The van der Waals surface area contributed by atoms with Crippen LogP contribution in [-0.4, -0.2) is 22.3 Å². The van der Waals surface area contributed by atoms with Gasteiger partial charge in [-0.15, -0.1) is 0 Å². The van der Waals surface area contributed by atoms with Gasteiger partial charge >= 0.3 is 5.97 Å². The Morgan fingerprint density at radius 1 is 0.964 bits per heavy atom. The number of esters is 1. The van der Waals surface area contributed by atoms with Gasteiger partial charge in [-0.25, -0.2) is 0 Å². The van der Waals surface area contributed by atoms with Crippen LogP contribution in [0.3, 0.4) is 0 Å². The van der Waals surface area contributed by atoms with Crippen molar-refractivity contribution in [2.75, 3.05) is 0 Å². The van der Waals surface area contributed by atoms with Crippen molar-refractivity contribution < 1.29 is 14.6 Å². The average molecular weight is 387 g/mol. The van der Waals surface area contributed by atoms with Crippen LogP contribution in [0.5, 0.6) is 0 Å². The number of rotatable bonds is 12. The number of benzene rings is 1. The summed E-state index contributed by atoms with van der Waals surface area (Å²) in [6.45, 7) is 3.70. The second-order valence-corrected chi connectivity index (χ2v) is 8.95. The van der Waals surface area contributed by atoms with E-state index < -0.39 is 11.2 Å². The van der Waals surface area contributed by atoms with E-state index in [9.17, 15) is 9.90 Å². The molecule has 156 valence electrons. The third-order valence-electron chi connectivity index (χ3n) is 5.58. The minimum atomic E-state index is -0.917. The molecule has 1 aromatic rings. The number of carbonyl (C=O) groups excluding carboxylic acids is 1. The molecular weight excluding hydrogens is 348 g/mol. The lowest BCUT2D eigenvalue weighted by molar-refractivity contribution is -0.185. The molecule has 0 amide bonds. The largest absolute Gasteiger partial charge is 0.459 e. The SMILES string of the molecule is C[C@]1(O)CC(=O)O[C@](C)(CCCCCCCCC/C=C/Cc2ccccc2)C1. The van der Waals surface area contributed by atoms with Gasteiger partial charge in [-0.05, 0) is 51.5 Å². The summed E-state index contributed by atoms with van der Waals surface area (Å²) in [6.07, 6.45) is 16.9. The zero-order chi connectivity index (χ0) is 20.3. The van der Waals surface area contributed by atoms with Crippen LogP contribution >= 0.6 is 0 Å². The molecule has 0 aromatic heterocycles. The van der Waals surface area contributed by atoms with E-state index in [0.29, 0.717) is 6.42 Å². The quantitative estimate of drug-likeness (QED) is 0.266. The van der Waals surface area contributed by atoms with Crippen LogP contribution in [0.4, 0.5) is 0 Å². The third-order valence-corrected chi connectivity index (χ3v) is 5.58. The fourth-order valence-corrected chi connectivity index (χ4v) is 4.26. The van der Waals surface area contributed by atoms with Crippen molar-refractivity contribution in [2.45, 2.75) is 102 Å². The van der Waals surface area contributed by atoms with E-state index in [2.05, 4.69) is 42.5 Å². The second kappa shape index (κ2) is 11.4. The zero-order valence-electron chi connectivity index (χ0n) is 17.8. The van der Waals surface area contributed by atoms with Crippen LogP contribution < -0.4 is 0 Å². The molecule has 2 rings (SSSR count). The van der Waals surface area contributed by atoms with E-state index in [1.54, 1.807) is 6.92 Å². The number of ether oxygens (including phenoxy) is 1. The molecule has 0 saturated carbocycles. The first kappa shape index (κ1) is 22.7. The lowest BCUT2D eigenvalue weighted by Crippen LogP contribution is -2.48. The molecule has 0 spiro atoms. The smallest absolute Gasteiger partial charge is 0.309 e. The Balaban J connectivity index is 1.44. The lowest BCUT2D eigenvalue weighted by Gasteiger charge is -2.40. The van der Waals surface area contributed by atoms with E-state index in [0.717, 1.165) is 19.3 Å². The summed E-state index contributed by atoms with van der Waals surface area (Å²) in [7, 11) is 0. The van der Waals surface area contributed by atoms with Crippen molar-refractivity contribution in [1.82, 2.24) is 0 Å². The third kappa shape index (κ3) is 9.05. The Bertz CT molecular complexity index is 605. The van der Waals surface area contributed by atoms with Crippen LogP contribution in [0, 0.1) is 0 Å². The summed E-state index contributed by atoms with van der Waals surface area (Å²) >= 11 is 0. The fourth-order valence-electron chi connectivity index (χ4n) is 4.26. The minimum absolute atomic E-state index is 0.115. The summed E-state index contributed by atoms with van der Waals surface area (Å²) in [5.74, 6) is -0.267. The normalized spacial score (nSPS) is 25.2. The van der Waals surface area contributed by atoms with Crippen LogP contribution in [0.1, 0.15) is 90.0 Å². The molecule has 0 aliphatic carbocycles. The molecule has 3 heteroatoms. The van der Waals surface area contributed by atoms with E-state index in [4.69, 9.17) is 4.74 Å². The molecule has 1 aliphatic heterocycles. The molecule has 1 fully saturated rings. The molecule has 28 heavy (non-hydrogen) atoms. The Labute approximate surface area is 171 Å². The zero-order valence-corrected chi connectivity index (χ0v) is 17.8. The molecule has 1 saturated heterocycles. The maximum absolute atomic E-state index is 11.7. The minimum Gasteiger partial charge on any atom is -0.459 e. The van der Waals surface area contributed by atoms with Crippen molar-refractivity contribution in [3.63, 3.8) is 0 Å². The molecular formula is C25H38O3. The van der Waals surface area contributed by atoms with Gasteiger partial charge in [-0.3, -0.25) is 4.79 Å². The molecule has 1 aromatic carbocycles. The maximum atomic E-state index is 11.7. The number of hydrogen-bond acceptors (Lipinski definition) is 3. The highest BCUT2D eigenvalue weighted by atomic mass is 16.6. The van der Waals surface area contributed by atoms with Gasteiger partial charge < -0.3 is 9.84 Å². The van der Waals surface area contributed by atoms with Gasteiger partial charge in [0.1, 0.15) is 5.60 Å². The number of aliphatic hydroxyl groups is 1. The summed E-state index contributed by atoms with van der Waals surface area (Å²) in [5, 5.41) is 10.2. The number of allylic oxidation sites excluding steroid dienone is 2. The molecule has 1 N–H and O–H groups in total. The molecule has 0 bridgehead atoms. The maximum Gasteiger partial charge on any atom is 0.309 e. The second-order valence-electron chi connectivity index (χ2n) is 8.95. The number of carbonyl (C=O) groups is 1. The van der Waals surface area contributed by atoms with E-state index in [-0.39, 0.29) is 12.4 Å². The van der Waals surface area contributed by atoms with Gasteiger partial charge in [-0.1, -0.05) is 74.6 Å². The van der Waals surface area contributed by atoms with Crippen molar-refractivity contribution >= 4 is 5.97 Å². The van der Waals surface area contributed by atoms with Crippen molar-refractivity contribution in [1.29, 1.82) is 0 Å². The molecule has 1 aliphatic rings. The van der Waals surface area contributed by atoms with Gasteiger partial charge in [0.05, 0.1) is 12.0 Å². The highest BCUT2D eigenvalue weighted by Gasteiger charge is 2.43. The van der Waals surface area contributed by atoms with Gasteiger partial charge in [0, 0.05) is 6.42 Å². The van der Waals surface area contributed by atoms with Gasteiger partial charge in [-0.2, -0.15) is 0 Å². The van der Waals surface area contributed by atoms with Crippen molar-refractivity contribution in [2.24, 2.45) is 0 Å². The van der Waals surface area contributed by atoms with E-state index in [1.807, 2.05) is 6.92 Å². The number of cyclic esters (lactones) is 1. The van der Waals surface area contributed by atoms with Crippen molar-refractivity contribution in [3.8, 4) is 0 Å². The van der Waals surface area contributed by atoms with Crippen LogP contribution in [0.15, 0.2) is 42.5 Å². The molecule has 1 heterocycles. The number of unbranched alkanes of at least 4 members (excludes halogenated alkanes) is 7. The summed E-state index contributed by atoms with van der Waals surface area (Å²) in [4.78, 5) is 11.7. The average Bonchev–Trinajstić information content (AvgIpc) is 2.61. The Morgan fingerprint density at radius 3 is 2.29 bits per heavy atom. The Morgan fingerprint density at radius 2 is 1.61 bits per heavy atom. The highest BCUT2D eigenvalue weighted by molar-refractivity contribution is 5.72.